The van der Waals surface area contributed by atoms with Gasteiger partial charge >= 0.3 is 0 Å². The zero-order chi connectivity index (χ0) is 17.4. The number of ketones is 1. The van der Waals surface area contributed by atoms with Gasteiger partial charge in [0.15, 0.2) is 5.78 Å². The van der Waals surface area contributed by atoms with E-state index >= 15 is 0 Å². The molecule has 1 aromatic heterocycles. The lowest BCUT2D eigenvalue weighted by Crippen LogP contribution is -2.42. The van der Waals surface area contributed by atoms with E-state index in [0.29, 0.717) is 30.3 Å². The van der Waals surface area contributed by atoms with Gasteiger partial charge in [0.1, 0.15) is 11.5 Å². The summed E-state index contributed by atoms with van der Waals surface area (Å²) in [5.41, 5.74) is 1.95. The van der Waals surface area contributed by atoms with Crippen LogP contribution in [0, 0.1) is 11.7 Å². The number of benzene rings is 1. The van der Waals surface area contributed by atoms with Gasteiger partial charge in [-0.25, -0.2) is 4.39 Å². The van der Waals surface area contributed by atoms with Crippen molar-refractivity contribution in [3.63, 3.8) is 0 Å². The second-order valence-corrected chi connectivity index (χ2v) is 6.94. The number of nitrogens with one attached hydrogen (secondary N) is 1. The van der Waals surface area contributed by atoms with Crippen LogP contribution in [0.3, 0.4) is 0 Å². The van der Waals surface area contributed by atoms with E-state index in [4.69, 9.17) is 0 Å². The van der Waals surface area contributed by atoms with Gasteiger partial charge in [0, 0.05) is 36.2 Å². The zero-order valence-electron chi connectivity index (χ0n) is 13.9. The molecule has 1 saturated heterocycles. The van der Waals surface area contributed by atoms with Crippen LogP contribution in [0.25, 0.3) is 0 Å². The maximum absolute atomic E-state index is 13.0. The maximum atomic E-state index is 13.0. The Morgan fingerprint density at radius 3 is 2.64 bits per heavy atom. The standard InChI is InChI=1S/C19H20FN3O2/c20-15-7-5-13(6-8-15)18(24)14-2-1-9-23(11-14)19(25)17-10-16(21-22-17)12-3-4-12/h5-8,10,12,14H,1-4,9,11H2,(H,21,22)/t14-/m0/s1. The van der Waals surface area contributed by atoms with Crippen molar-refractivity contribution >= 4 is 11.7 Å². The monoisotopic (exact) mass is 341 g/mol. The van der Waals surface area contributed by atoms with E-state index in [1.54, 1.807) is 4.90 Å². The number of likely N-dealkylation sites (tertiary alicyclic amines) is 1. The number of hydrogen-bond donors (Lipinski definition) is 1. The van der Waals surface area contributed by atoms with Gasteiger partial charge in [-0.1, -0.05) is 0 Å². The van der Waals surface area contributed by atoms with Crippen molar-refractivity contribution in [2.24, 2.45) is 5.92 Å². The average molecular weight is 341 g/mol. The first-order chi connectivity index (χ1) is 12.1. The molecule has 1 aliphatic heterocycles. The predicted octanol–water partition coefficient (Wildman–Crippen LogP) is 3.16. The fourth-order valence-electron chi connectivity index (χ4n) is 3.44. The molecule has 130 valence electrons. The second-order valence-electron chi connectivity index (χ2n) is 6.94. The molecule has 2 aromatic rings. The number of rotatable bonds is 4. The van der Waals surface area contributed by atoms with E-state index in [1.165, 1.54) is 24.3 Å². The molecule has 1 amide bonds. The number of amides is 1. The van der Waals surface area contributed by atoms with E-state index in [9.17, 15) is 14.0 Å². The van der Waals surface area contributed by atoms with Gasteiger partial charge in [-0.2, -0.15) is 5.10 Å². The number of hydrogen-bond acceptors (Lipinski definition) is 3. The van der Waals surface area contributed by atoms with Crippen molar-refractivity contribution in [3.8, 4) is 0 Å². The molecule has 4 rings (SSSR count). The second kappa shape index (κ2) is 6.43. The van der Waals surface area contributed by atoms with Gasteiger partial charge in [0.2, 0.25) is 0 Å². The molecule has 1 atom stereocenters. The highest BCUT2D eigenvalue weighted by Gasteiger charge is 2.32. The molecule has 2 fully saturated rings. The normalized spacial score (nSPS) is 20.5. The Morgan fingerprint density at radius 1 is 1.16 bits per heavy atom. The number of nitrogens with zero attached hydrogens (tertiary/aromatic N) is 2. The van der Waals surface area contributed by atoms with Crippen molar-refractivity contribution in [1.82, 2.24) is 15.1 Å². The molecule has 0 spiro atoms. The maximum Gasteiger partial charge on any atom is 0.274 e. The average Bonchev–Trinajstić information content (AvgIpc) is 3.38. The molecule has 1 saturated carbocycles. The van der Waals surface area contributed by atoms with Gasteiger partial charge in [0.25, 0.3) is 5.91 Å². The van der Waals surface area contributed by atoms with Crippen molar-refractivity contribution in [3.05, 3.63) is 53.1 Å². The van der Waals surface area contributed by atoms with Gasteiger partial charge < -0.3 is 4.90 Å². The van der Waals surface area contributed by atoms with Crippen LogP contribution in [-0.2, 0) is 0 Å². The third-order valence-corrected chi connectivity index (χ3v) is 5.04. The molecule has 1 aromatic carbocycles. The molecule has 2 heterocycles. The summed E-state index contributed by atoms with van der Waals surface area (Å²) in [6.07, 6.45) is 3.82. The molecule has 0 radical (unpaired) electrons. The lowest BCUT2D eigenvalue weighted by Gasteiger charge is -2.31. The highest BCUT2D eigenvalue weighted by Crippen LogP contribution is 2.39. The molecule has 1 aliphatic carbocycles. The van der Waals surface area contributed by atoms with Crippen molar-refractivity contribution in [2.45, 2.75) is 31.6 Å². The van der Waals surface area contributed by atoms with Gasteiger partial charge in [-0.3, -0.25) is 14.7 Å². The smallest absolute Gasteiger partial charge is 0.274 e. The van der Waals surface area contributed by atoms with Crippen molar-refractivity contribution in [1.29, 1.82) is 0 Å². The van der Waals surface area contributed by atoms with E-state index in [-0.39, 0.29) is 23.4 Å². The lowest BCUT2D eigenvalue weighted by atomic mass is 9.90. The highest BCUT2D eigenvalue weighted by atomic mass is 19.1. The van der Waals surface area contributed by atoms with Crippen LogP contribution in [0.4, 0.5) is 4.39 Å². The van der Waals surface area contributed by atoms with Gasteiger partial charge in [0.05, 0.1) is 0 Å². The number of aromatic amines is 1. The van der Waals surface area contributed by atoms with E-state index in [2.05, 4.69) is 10.2 Å². The van der Waals surface area contributed by atoms with Crippen LogP contribution in [0.15, 0.2) is 30.3 Å². The summed E-state index contributed by atoms with van der Waals surface area (Å²) >= 11 is 0. The fourth-order valence-corrected chi connectivity index (χ4v) is 3.44. The number of aromatic nitrogens is 2. The minimum Gasteiger partial charge on any atom is -0.337 e. The van der Waals surface area contributed by atoms with Crippen molar-refractivity contribution in [2.75, 3.05) is 13.1 Å². The van der Waals surface area contributed by atoms with Crippen molar-refractivity contribution < 1.29 is 14.0 Å². The predicted molar refractivity (Wildman–Crippen MR) is 89.9 cm³/mol. The fraction of sp³-hybridized carbons (Fsp3) is 0.421. The number of piperidine rings is 1. The molecular weight excluding hydrogens is 321 g/mol. The summed E-state index contributed by atoms with van der Waals surface area (Å²) in [6.45, 7) is 1.03. The summed E-state index contributed by atoms with van der Waals surface area (Å²) in [6, 6.07) is 7.44. The number of halogens is 1. The van der Waals surface area contributed by atoms with Crippen LogP contribution in [0.1, 0.15) is 58.1 Å². The Kier molecular flexibility index (Phi) is 4.11. The van der Waals surface area contributed by atoms with E-state index in [0.717, 1.165) is 31.4 Å². The first kappa shape index (κ1) is 16.0. The van der Waals surface area contributed by atoms with Crippen LogP contribution in [-0.4, -0.2) is 39.9 Å². The van der Waals surface area contributed by atoms with Crippen LogP contribution < -0.4 is 0 Å². The molecule has 5 nitrogen and oxygen atoms in total. The summed E-state index contributed by atoms with van der Waals surface area (Å²) in [5, 5.41) is 7.10. The Morgan fingerprint density at radius 2 is 1.92 bits per heavy atom. The Balaban J connectivity index is 1.45. The summed E-state index contributed by atoms with van der Waals surface area (Å²) in [7, 11) is 0. The van der Waals surface area contributed by atoms with Gasteiger partial charge in [-0.15, -0.1) is 0 Å². The molecule has 0 bridgehead atoms. The third-order valence-electron chi connectivity index (χ3n) is 5.04. The molecule has 25 heavy (non-hydrogen) atoms. The van der Waals surface area contributed by atoms with Crippen LogP contribution in [0.2, 0.25) is 0 Å². The summed E-state index contributed by atoms with van der Waals surface area (Å²) in [5.74, 6) is -0.242. The Hall–Kier alpha value is -2.50. The first-order valence-corrected chi connectivity index (χ1v) is 8.76. The lowest BCUT2D eigenvalue weighted by molar-refractivity contribution is 0.0632. The minimum absolute atomic E-state index is 0.0294. The Labute approximate surface area is 145 Å². The van der Waals surface area contributed by atoms with Crippen LogP contribution >= 0.6 is 0 Å². The molecule has 1 N–H and O–H groups in total. The third kappa shape index (κ3) is 3.34. The summed E-state index contributed by atoms with van der Waals surface area (Å²) in [4.78, 5) is 27.0. The Bertz CT molecular complexity index is 795. The van der Waals surface area contributed by atoms with Crippen LogP contribution in [0.5, 0.6) is 0 Å². The number of carbonyl (C=O) groups excluding carboxylic acids is 2. The molecule has 6 heteroatoms. The molecule has 2 aliphatic rings. The number of carbonyl (C=O) groups is 2. The SMILES string of the molecule is O=C(c1ccc(F)cc1)[C@H]1CCCN(C(=O)c2cc(C3CC3)[nH]n2)C1. The number of Topliss-reactive ketones (excluding diaryl/α,β-unsaturated/α-hetero) is 1. The quantitative estimate of drug-likeness (QED) is 0.869. The summed E-state index contributed by atoms with van der Waals surface area (Å²) < 4.78 is 13.0. The molecule has 0 unspecified atom stereocenters. The largest absolute Gasteiger partial charge is 0.337 e. The zero-order valence-corrected chi connectivity index (χ0v) is 13.9. The first-order valence-electron chi connectivity index (χ1n) is 8.76. The minimum atomic E-state index is -0.359. The van der Waals surface area contributed by atoms with E-state index in [1.807, 2.05) is 6.07 Å². The highest BCUT2D eigenvalue weighted by molar-refractivity contribution is 5.99. The topological polar surface area (TPSA) is 66.1 Å². The van der Waals surface area contributed by atoms with Gasteiger partial charge in [-0.05, 0) is 56.0 Å². The number of H-pyrrole nitrogens is 1. The molecular formula is C19H20FN3O2. The van der Waals surface area contributed by atoms with E-state index < -0.39 is 0 Å².